The second kappa shape index (κ2) is 6.26. The fraction of sp³-hybridized carbons (Fsp3) is 0.750. The van der Waals surface area contributed by atoms with E-state index in [0.717, 1.165) is 19.5 Å². The monoisotopic (exact) mass is 241 g/mol. The lowest BCUT2D eigenvalue weighted by molar-refractivity contribution is 0.374. The number of hydrogen-bond donors (Lipinski definition) is 1. The Kier molecular flexibility index (Phi) is 4.67. The van der Waals surface area contributed by atoms with Gasteiger partial charge in [0.05, 0.1) is 6.33 Å². The van der Waals surface area contributed by atoms with Gasteiger partial charge in [-0.15, -0.1) is 11.6 Å². The van der Waals surface area contributed by atoms with Crippen molar-refractivity contribution in [2.75, 3.05) is 6.54 Å². The van der Waals surface area contributed by atoms with Gasteiger partial charge >= 0.3 is 0 Å². The Labute approximate surface area is 102 Å². The largest absolute Gasteiger partial charge is 0.337 e. The second-order valence-electron chi connectivity index (χ2n) is 4.52. The van der Waals surface area contributed by atoms with Gasteiger partial charge in [0.15, 0.2) is 0 Å². The molecule has 90 valence electrons. The van der Waals surface area contributed by atoms with Crippen LogP contribution in [0.25, 0.3) is 0 Å². The fourth-order valence-electron chi connectivity index (χ4n) is 2.28. The smallest absolute Gasteiger partial charge is 0.0945 e. The van der Waals surface area contributed by atoms with E-state index in [2.05, 4.69) is 14.9 Å². The molecule has 16 heavy (non-hydrogen) atoms. The molecule has 1 fully saturated rings. The Morgan fingerprint density at radius 1 is 1.38 bits per heavy atom. The molecule has 1 aliphatic carbocycles. The van der Waals surface area contributed by atoms with E-state index in [-0.39, 0.29) is 0 Å². The zero-order chi connectivity index (χ0) is 11.2. The molecule has 0 radical (unpaired) electrons. The summed E-state index contributed by atoms with van der Waals surface area (Å²) in [5, 5.41) is 3.90. The van der Waals surface area contributed by atoms with Gasteiger partial charge in [0.1, 0.15) is 0 Å². The number of imidazole rings is 1. The average Bonchev–Trinajstić information content (AvgIpc) is 2.79. The van der Waals surface area contributed by atoms with Crippen molar-refractivity contribution in [2.24, 2.45) is 0 Å². The molecule has 0 bridgehead atoms. The van der Waals surface area contributed by atoms with E-state index in [1.807, 2.05) is 18.7 Å². The number of alkyl halides is 1. The van der Waals surface area contributed by atoms with Crippen molar-refractivity contribution in [1.82, 2.24) is 14.9 Å². The molecule has 1 aliphatic rings. The van der Waals surface area contributed by atoms with E-state index in [0.29, 0.717) is 11.4 Å². The molecular formula is C12H20ClN3. The lowest BCUT2D eigenvalue weighted by atomic mass is 9.95. The van der Waals surface area contributed by atoms with Crippen molar-refractivity contribution in [3.63, 3.8) is 0 Å². The Balaban J connectivity index is 1.60. The molecule has 0 aliphatic heterocycles. The Bertz CT molecular complexity index is 286. The molecule has 1 heterocycles. The van der Waals surface area contributed by atoms with Crippen molar-refractivity contribution in [1.29, 1.82) is 0 Å². The number of nitrogens with zero attached hydrogens (tertiary/aromatic N) is 2. The van der Waals surface area contributed by atoms with E-state index in [9.17, 15) is 0 Å². The maximum absolute atomic E-state index is 6.28. The number of aryl methyl sites for hydroxylation is 1. The number of halogens is 1. The minimum atomic E-state index is 0.335. The SMILES string of the molecule is ClC1CCCCC1NCCCn1ccnc1. The van der Waals surface area contributed by atoms with Gasteiger partial charge in [-0.05, 0) is 25.8 Å². The summed E-state index contributed by atoms with van der Waals surface area (Å²) in [6.07, 6.45) is 11.8. The first-order chi connectivity index (χ1) is 7.86. The van der Waals surface area contributed by atoms with Gasteiger partial charge in [-0.1, -0.05) is 12.8 Å². The molecule has 0 saturated heterocycles. The highest BCUT2D eigenvalue weighted by Crippen LogP contribution is 2.22. The van der Waals surface area contributed by atoms with Gasteiger partial charge in [-0.2, -0.15) is 0 Å². The lowest BCUT2D eigenvalue weighted by Gasteiger charge is -2.28. The van der Waals surface area contributed by atoms with E-state index >= 15 is 0 Å². The molecule has 1 aromatic heterocycles. The van der Waals surface area contributed by atoms with E-state index < -0.39 is 0 Å². The summed E-state index contributed by atoms with van der Waals surface area (Å²) in [5.74, 6) is 0. The molecule has 0 aromatic carbocycles. The van der Waals surface area contributed by atoms with Crippen LogP contribution in [0.2, 0.25) is 0 Å². The van der Waals surface area contributed by atoms with Gasteiger partial charge in [-0.3, -0.25) is 0 Å². The maximum atomic E-state index is 6.28. The van der Waals surface area contributed by atoms with E-state index in [1.165, 1.54) is 25.7 Å². The van der Waals surface area contributed by atoms with Crippen molar-refractivity contribution in [3.8, 4) is 0 Å². The first-order valence-electron chi connectivity index (χ1n) is 6.19. The first-order valence-corrected chi connectivity index (χ1v) is 6.63. The fourth-order valence-corrected chi connectivity index (χ4v) is 2.65. The lowest BCUT2D eigenvalue weighted by Crippen LogP contribution is -2.39. The molecule has 4 heteroatoms. The average molecular weight is 242 g/mol. The predicted molar refractivity (Wildman–Crippen MR) is 66.7 cm³/mol. The Morgan fingerprint density at radius 3 is 3.00 bits per heavy atom. The molecule has 0 spiro atoms. The van der Waals surface area contributed by atoms with Crippen LogP contribution in [-0.4, -0.2) is 27.5 Å². The summed E-state index contributed by atoms with van der Waals surface area (Å²) in [5.41, 5.74) is 0. The molecule has 3 nitrogen and oxygen atoms in total. The van der Waals surface area contributed by atoms with Gasteiger partial charge < -0.3 is 9.88 Å². The highest BCUT2D eigenvalue weighted by Gasteiger charge is 2.21. The summed E-state index contributed by atoms with van der Waals surface area (Å²) in [6, 6.07) is 0.526. The van der Waals surface area contributed by atoms with Crippen molar-refractivity contribution >= 4 is 11.6 Å². The van der Waals surface area contributed by atoms with Crippen molar-refractivity contribution in [3.05, 3.63) is 18.7 Å². The van der Waals surface area contributed by atoms with Crippen LogP contribution in [0.3, 0.4) is 0 Å². The van der Waals surface area contributed by atoms with Crippen LogP contribution in [0.1, 0.15) is 32.1 Å². The van der Waals surface area contributed by atoms with Crippen molar-refractivity contribution < 1.29 is 0 Å². The number of aromatic nitrogens is 2. The van der Waals surface area contributed by atoms with Crippen LogP contribution in [0.4, 0.5) is 0 Å². The summed E-state index contributed by atoms with van der Waals surface area (Å²) in [4.78, 5) is 4.02. The van der Waals surface area contributed by atoms with Crippen LogP contribution >= 0.6 is 11.6 Å². The van der Waals surface area contributed by atoms with Crippen LogP contribution < -0.4 is 5.32 Å². The highest BCUT2D eigenvalue weighted by molar-refractivity contribution is 6.21. The quantitative estimate of drug-likeness (QED) is 0.634. The Morgan fingerprint density at radius 2 is 2.25 bits per heavy atom. The third-order valence-electron chi connectivity index (χ3n) is 3.24. The zero-order valence-electron chi connectivity index (χ0n) is 9.61. The molecule has 0 amide bonds. The topological polar surface area (TPSA) is 29.9 Å². The molecular weight excluding hydrogens is 222 g/mol. The van der Waals surface area contributed by atoms with Crippen molar-refractivity contribution in [2.45, 2.75) is 50.1 Å². The van der Waals surface area contributed by atoms with Gasteiger partial charge in [0.25, 0.3) is 0 Å². The predicted octanol–water partition coefficient (Wildman–Crippen LogP) is 2.41. The molecule has 2 unspecified atom stereocenters. The third kappa shape index (κ3) is 3.49. The van der Waals surface area contributed by atoms with Crippen LogP contribution in [-0.2, 0) is 6.54 Å². The van der Waals surface area contributed by atoms with E-state index in [4.69, 9.17) is 11.6 Å². The number of rotatable bonds is 5. The minimum Gasteiger partial charge on any atom is -0.337 e. The molecule has 1 aromatic rings. The van der Waals surface area contributed by atoms with Gasteiger partial charge in [0.2, 0.25) is 0 Å². The number of nitrogens with one attached hydrogen (secondary N) is 1. The van der Waals surface area contributed by atoms with E-state index in [1.54, 1.807) is 0 Å². The molecule has 1 N–H and O–H groups in total. The summed E-state index contributed by atoms with van der Waals surface area (Å²) >= 11 is 6.28. The summed E-state index contributed by atoms with van der Waals surface area (Å²) in [6.45, 7) is 2.08. The Hall–Kier alpha value is -0.540. The van der Waals surface area contributed by atoms with Gasteiger partial charge in [0, 0.05) is 30.4 Å². The minimum absolute atomic E-state index is 0.335. The highest BCUT2D eigenvalue weighted by atomic mass is 35.5. The zero-order valence-corrected chi connectivity index (χ0v) is 10.4. The maximum Gasteiger partial charge on any atom is 0.0945 e. The van der Waals surface area contributed by atoms with Crippen LogP contribution in [0, 0.1) is 0 Å². The normalized spacial score (nSPS) is 25.8. The molecule has 2 rings (SSSR count). The van der Waals surface area contributed by atoms with Crippen LogP contribution in [0.15, 0.2) is 18.7 Å². The van der Waals surface area contributed by atoms with Gasteiger partial charge in [-0.25, -0.2) is 4.98 Å². The summed E-state index contributed by atoms with van der Waals surface area (Å²) in [7, 11) is 0. The van der Waals surface area contributed by atoms with Crippen LogP contribution in [0.5, 0.6) is 0 Å². The standard InChI is InChI=1S/C12H20ClN3/c13-11-4-1-2-5-12(11)15-6-3-8-16-9-7-14-10-16/h7,9-12,15H,1-6,8H2. The molecule has 2 atom stereocenters. The molecule has 1 saturated carbocycles. The first kappa shape index (κ1) is 11.9. The second-order valence-corrected chi connectivity index (χ2v) is 5.08. The summed E-state index contributed by atoms with van der Waals surface area (Å²) < 4.78 is 2.11. The third-order valence-corrected chi connectivity index (χ3v) is 3.76. The number of hydrogen-bond acceptors (Lipinski definition) is 2.